The minimum atomic E-state index is -4.09. The highest BCUT2D eigenvalue weighted by molar-refractivity contribution is 7.89. The fourth-order valence-corrected chi connectivity index (χ4v) is 7.89. The number of pyridine rings is 1. The number of ether oxygens (including phenoxy) is 5. The third-order valence-corrected chi connectivity index (χ3v) is 10.5. The summed E-state index contributed by atoms with van der Waals surface area (Å²) >= 11 is 0. The molecule has 0 unspecified atom stereocenters. The quantitative estimate of drug-likeness (QED) is 0.276. The van der Waals surface area contributed by atoms with Gasteiger partial charge in [-0.3, -0.25) is 14.4 Å². The summed E-state index contributed by atoms with van der Waals surface area (Å²) in [5.41, 5.74) is -1.68. The average Bonchev–Trinajstić information content (AvgIpc) is 3.77. The summed E-state index contributed by atoms with van der Waals surface area (Å²) in [5, 5.41) is 0. The van der Waals surface area contributed by atoms with E-state index >= 15 is 0 Å². The zero-order valence-electron chi connectivity index (χ0n) is 25.8. The number of aryl methyl sites for hydroxylation is 1. The Balaban J connectivity index is 1.62. The van der Waals surface area contributed by atoms with E-state index in [4.69, 9.17) is 23.7 Å². The number of fused-ring (bicyclic) bond motifs is 2. The van der Waals surface area contributed by atoms with Gasteiger partial charge in [-0.15, -0.1) is 0 Å². The monoisotopic (exact) mass is 646 g/mol. The molecular formula is C31H38N2O11S. The van der Waals surface area contributed by atoms with Crippen LogP contribution in [0.25, 0.3) is 0 Å². The molecule has 1 aromatic heterocycles. The molecule has 1 aromatic carbocycles. The van der Waals surface area contributed by atoms with Gasteiger partial charge in [0, 0.05) is 32.0 Å². The van der Waals surface area contributed by atoms with Crippen molar-refractivity contribution in [1.29, 1.82) is 0 Å². The van der Waals surface area contributed by atoms with Crippen molar-refractivity contribution in [3.05, 3.63) is 63.1 Å². The average molecular weight is 647 g/mol. The number of sulfonamides is 1. The Hall–Kier alpha value is -3.59. The van der Waals surface area contributed by atoms with Gasteiger partial charge in [0.05, 0.1) is 36.0 Å². The maximum absolute atomic E-state index is 14.0. The SMILES string of the molecule is CCOC(=O)[C@@](CC)(OC(=O)[C@H]1CCCN1S(=O)(=O)c1ccc(C)cc1)c1cc2n(c(=O)c1COC(C)=O)CCC21OCCO1. The van der Waals surface area contributed by atoms with Crippen LogP contribution >= 0.6 is 0 Å². The predicted molar refractivity (Wildman–Crippen MR) is 157 cm³/mol. The van der Waals surface area contributed by atoms with Gasteiger partial charge in [-0.2, -0.15) is 4.31 Å². The minimum absolute atomic E-state index is 0.0251. The number of carbonyl (C=O) groups is 3. The van der Waals surface area contributed by atoms with Crippen LogP contribution in [0.4, 0.5) is 0 Å². The molecule has 0 radical (unpaired) electrons. The van der Waals surface area contributed by atoms with Crippen molar-refractivity contribution in [2.45, 2.75) is 88.9 Å². The molecule has 45 heavy (non-hydrogen) atoms. The van der Waals surface area contributed by atoms with E-state index in [0.29, 0.717) is 18.5 Å². The maximum Gasteiger partial charge on any atom is 0.355 e. The highest BCUT2D eigenvalue weighted by Crippen LogP contribution is 2.43. The number of aromatic nitrogens is 1. The molecule has 14 heteroatoms. The lowest BCUT2D eigenvalue weighted by atomic mass is 9.86. The van der Waals surface area contributed by atoms with Crippen LogP contribution in [0.1, 0.15) is 68.8 Å². The molecule has 5 rings (SSSR count). The smallest absolute Gasteiger partial charge is 0.355 e. The fraction of sp³-hybridized carbons (Fsp3) is 0.548. The van der Waals surface area contributed by atoms with Gasteiger partial charge < -0.3 is 28.3 Å². The van der Waals surface area contributed by atoms with Gasteiger partial charge in [0.15, 0.2) is 0 Å². The van der Waals surface area contributed by atoms with E-state index in [0.717, 1.165) is 9.87 Å². The number of nitrogens with zero attached hydrogens (tertiary/aromatic N) is 2. The normalized spacial score (nSPS) is 20.5. The molecule has 13 nitrogen and oxygen atoms in total. The van der Waals surface area contributed by atoms with Crippen LogP contribution in [0.15, 0.2) is 40.0 Å². The van der Waals surface area contributed by atoms with Crippen LogP contribution in [0, 0.1) is 6.92 Å². The highest BCUT2D eigenvalue weighted by Gasteiger charge is 2.53. The first-order valence-electron chi connectivity index (χ1n) is 15.1. The zero-order chi connectivity index (χ0) is 32.6. The van der Waals surface area contributed by atoms with E-state index in [2.05, 4.69) is 0 Å². The summed E-state index contributed by atoms with van der Waals surface area (Å²) < 4.78 is 58.4. The molecule has 4 heterocycles. The molecule has 0 amide bonds. The lowest BCUT2D eigenvalue weighted by Gasteiger charge is -2.35. The van der Waals surface area contributed by atoms with E-state index in [1.807, 2.05) is 6.92 Å². The first kappa shape index (κ1) is 32.8. The third-order valence-electron chi connectivity index (χ3n) is 8.54. The van der Waals surface area contributed by atoms with Crippen LogP contribution in [-0.2, 0) is 72.6 Å². The van der Waals surface area contributed by atoms with Crippen molar-refractivity contribution in [1.82, 2.24) is 8.87 Å². The van der Waals surface area contributed by atoms with E-state index in [-0.39, 0.29) is 61.8 Å². The van der Waals surface area contributed by atoms with E-state index < -0.39 is 57.5 Å². The zero-order valence-corrected chi connectivity index (χ0v) is 26.6. The number of benzene rings is 1. The van der Waals surface area contributed by atoms with Crippen LogP contribution in [0.2, 0.25) is 0 Å². The molecule has 0 aliphatic carbocycles. The van der Waals surface area contributed by atoms with Crippen molar-refractivity contribution >= 4 is 27.9 Å². The fourth-order valence-electron chi connectivity index (χ4n) is 6.24. The Kier molecular flexibility index (Phi) is 9.23. The van der Waals surface area contributed by atoms with Gasteiger partial charge in [-0.05, 0) is 51.3 Å². The number of hydrogen-bond donors (Lipinski definition) is 0. The molecule has 2 fully saturated rings. The van der Waals surface area contributed by atoms with Crippen molar-refractivity contribution < 1.29 is 46.5 Å². The molecule has 2 atom stereocenters. The summed E-state index contributed by atoms with van der Waals surface area (Å²) in [4.78, 5) is 53.7. The van der Waals surface area contributed by atoms with Crippen molar-refractivity contribution in [3.63, 3.8) is 0 Å². The summed E-state index contributed by atoms with van der Waals surface area (Å²) in [7, 11) is -4.09. The summed E-state index contributed by atoms with van der Waals surface area (Å²) in [6, 6.07) is 6.56. The lowest BCUT2D eigenvalue weighted by molar-refractivity contribution is -0.187. The predicted octanol–water partition coefficient (Wildman–Crippen LogP) is 2.39. The molecular weight excluding hydrogens is 608 g/mol. The number of rotatable bonds is 10. The molecule has 244 valence electrons. The molecule has 0 bridgehead atoms. The lowest BCUT2D eigenvalue weighted by Crippen LogP contribution is -2.49. The number of carbonyl (C=O) groups excluding carboxylic acids is 3. The van der Waals surface area contributed by atoms with E-state index in [1.54, 1.807) is 26.0 Å². The summed E-state index contributed by atoms with van der Waals surface area (Å²) in [6.45, 7) is 6.49. The minimum Gasteiger partial charge on any atom is -0.463 e. The first-order chi connectivity index (χ1) is 21.4. The van der Waals surface area contributed by atoms with Gasteiger partial charge >= 0.3 is 17.9 Å². The second-order valence-corrected chi connectivity index (χ2v) is 13.2. The Morgan fingerprint density at radius 1 is 1.07 bits per heavy atom. The molecule has 2 saturated heterocycles. The molecule has 0 saturated carbocycles. The molecule has 3 aliphatic heterocycles. The highest BCUT2D eigenvalue weighted by atomic mass is 32.2. The van der Waals surface area contributed by atoms with Crippen molar-refractivity contribution in [3.8, 4) is 0 Å². The first-order valence-corrected chi connectivity index (χ1v) is 16.5. The Labute approximate surface area is 261 Å². The summed E-state index contributed by atoms with van der Waals surface area (Å²) in [5.74, 6) is -3.83. The number of esters is 3. The van der Waals surface area contributed by atoms with Crippen LogP contribution in [-0.4, -0.2) is 67.6 Å². The second kappa shape index (κ2) is 12.7. The van der Waals surface area contributed by atoms with E-state index in [1.165, 1.54) is 29.7 Å². The topological polar surface area (TPSA) is 157 Å². The van der Waals surface area contributed by atoms with Crippen molar-refractivity contribution in [2.75, 3.05) is 26.4 Å². The molecule has 1 spiro atoms. The molecule has 0 N–H and O–H groups in total. The van der Waals surface area contributed by atoms with Crippen LogP contribution < -0.4 is 5.56 Å². The van der Waals surface area contributed by atoms with Gasteiger partial charge in [0.25, 0.3) is 5.56 Å². The van der Waals surface area contributed by atoms with Gasteiger partial charge in [-0.1, -0.05) is 24.6 Å². The van der Waals surface area contributed by atoms with Gasteiger partial charge in [0.2, 0.25) is 21.4 Å². The van der Waals surface area contributed by atoms with Gasteiger partial charge in [0.1, 0.15) is 12.6 Å². The van der Waals surface area contributed by atoms with Crippen LogP contribution in [0.5, 0.6) is 0 Å². The third kappa shape index (κ3) is 5.80. The summed E-state index contributed by atoms with van der Waals surface area (Å²) in [6.07, 6.45) is 0.688. The molecule has 3 aliphatic rings. The van der Waals surface area contributed by atoms with Gasteiger partial charge in [-0.25, -0.2) is 13.2 Å². The van der Waals surface area contributed by atoms with E-state index in [9.17, 15) is 27.6 Å². The molecule has 2 aromatic rings. The standard InChI is InChI=1S/C31H38N2O11S/c1-5-30(29(37)40-6-2,44-28(36)25-8-7-14-33(25)45(38,39)22-11-9-20(3)10-12-22)24-18-26-31(42-16-17-43-31)13-15-32(26)27(35)23(24)19-41-21(4)34/h9-12,18,25H,5-8,13-17,19H2,1-4H3/t25-,30+/m1/s1. The Morgan fingerprint density at radius 2 is 1.76 bits per heavy atom. The number of hydrogen-bond acceptors (Lipinski definition) is 11. The Bertz CT molecular complexity index is 1640. The van der Waals surface area contributed by atoms with Crippen molar-refractivity contribution in [2.24, 2.45) is 0 Å². The second-order valence-electron chi connectivity index (χ2n) is 11.3. The largest absolute Gasteiger partial charge is 0.463 e. The Morgan fingerprint density at radius 3 is 2.38 bits per heavy atom. The van der Waals surface area contributed by atoms with Crippen LogP contribution in [0.3, 0.4) is 0 Å². The maximum atomic E-state index is 14.0.